The van der Waals surface area contributed by atoms with E-state index in [0.29, 0.717) is 55.1 Å². The third-order valence-electron chi connectivity index (χ3n) is 9.80. The molecule has 0 spiro atoms. The minimum atomic E-state index is -4.34. The van der Waals surface area contributed by atoms with E-state index >= 15 is 0 Å². The number of benzene rings is 1. The number of carbonyl (C=O) groups is 2. The van der Waals surface area contributed by atoms with Gasteiger partial charge >= 0.3 is 6.18 Å². The number of Topliss-reactive ketones (excluding diaryl/α,β-unsaturated/α-hetero) is 1. The lowest BCUT2D eigenvalue weighted by molar-refractivity contribution is -0.138. The van der Waals surface area contributed by atoms with E-state index in [2.05, 4.69) is 5.10 Å². The van der Waals surface area contributed by atoms with E-state index in [0.717, 1.165) is 67.8 Å². The summed E-state index contributed by atoms with van der Waals surface area (Å²) in [6.07, 6.45) is 1.87. The predicted octanol–water partition coefficient (Wildman–Crippen LogP) is 5.03. The zero-order valence-electron chi connectivity index (χ0n) is 23.5. The van der Waals surface area contributed by atoms with E-state index in [1.807, 2.05) is 6.07 Å². The number of alkyl halides is 3. The Morgan fingerprint density at radius 1 is 1.17 bits per heavy atom. The molecule has 0 radical (unpaired) electrons. The summed E-state index contributed by atoms with van der Waals surface area (Å²) in [6, 6.07) is 4.49. The molecule has 1 saturated heterocycles. The van der Waals surface area contributed by atoms with Crippen molar-refractivity contribution >= 4 is 11.7 Å². The van der Waals surface area contributed by atoms with Gasteiger partial charge in [-0.25, -0.2) is 0 Å². The summed E-state index contributed by atoms with van der Waals surface area (Å²) in [5.74, 6) is 1.36. The van der Waals surface area contributed by atoms with Crippen molar-refractivity contribution in [1.82, 2.24) is 14.7 Å². The molecule has 10 heteroatoms. The number of morpholine rings is 1. The van der Waals surface area contributed by atoms with Crippen LogP contribution in [0.3, 0.4) is 0 Å². The predicted molar refractivity (Wildman–Crippen MR) is 145 cm³/mol. The van der Waals surface area contributed by atoms with E-state index in [-0.39, 0.29) is 36.9 Å². The number of aliphatic hydroxyl groups excluding tert-OH is 1. The monoisotopic (exact) mass is 573 g/mol. The Bertz CT molecular complexity index is 1310. The molecular weight excluding hydrogens is 535 g/mol. The van der Waals surface area contributed by atoms with Gasteiger partial charge in [-0.15, -0.1) is 0 Å². The van der Waals surface area contributed by atoms with Crippen LogP contribution in [0.2, 0.25) is 0 Å². The lowest BCUT2D eigenvalue weighted by atomic mass is 9.75. The SMILES string of the molecule is Cc1c(C2CCC(CCC(=O)Cn3nc(C(=O)N4CCO[C@@H](CO)C4)c4c3C[C@H]3C[C@@H]43)CC2)cccc1C(F)(F)F. The Morgan fingerprint density at radius 3 is 2.68 bits per heavy atom. The molecule has 0 bridgehead atoms. The van der Waals surface area contributed by atoms with Gasteiger partial charge in [0.05, 0.1) is 31.4 Å². The average molecular weight is 574 g/mol. The number of hydrogen-bond donors (Lipinski definition) is 1. The number of nitrogens with zero attached hydrogens (tertiary/aromatic N) is 3. The van der Waals surface area contributed by atoms with Crippen molar-refractivity contribution in [3.63, 3.8) is 0 Å². The minimum Gasteiger partial charge on any atom is -0.394 e. The van der Waals surface area contributed by atoms with Crippen LogP contribution in [0.25, 0.3) is 0 Å². The topological polar surface area (TPSA) is 84.7 Å². The number of carbonyl (C=O) groups excluding carboxylic acids is 2. The summed E-state index contributed by atoms with van der Waals surface area (Å²) in [7, 11) is 0. The van der Waals surface area contributed by atoms with E-state index in [9.17, 15) is 27.9 Å². The molecule has 6 rings (SSSR count). The van der Waals surface area contributed by atoms with Crippen LogP contribution < -0.4 is 0 Å². The van der Waals surface area contributed by atoms with Gasteiger partial charge in [-0.3, -0.25) is 14.3 Å². The third kappa shape index (κ3) is 5.69. The highest BCUT2D eigenvalue weighted by Crippen LogP contribution is 2.57. The molecule has 2 aromatic rings. The van der Waals surface area contributed by atoms with E-state index in [1.54, 1.807) is 16.5 Å². The average Bonchev–Trinajstić information content (AvgIpc) is 3.49. The molecule has 222 valence electrons. The summed E-state index contributed by atoms with van der Waals surface area (Å²) in [5.41, 5.74) is 3.08. The maximum absolute atomic E-state index is 13.4. The summed E-state index contributed by atoms with van der Waals surface area (Å²) < 4.78 is 47.4. The maximum atomic E-state index is 13.4. The van der Waals surface area contributed by atoms with Crippen molar-refractivity contribution in [3.05, 3.63) is 51.8 Å². The van der Waals surface area contributed by atoms with Gasteiger partial charge in [0.25, 0.3) is 5.91 Å². The molecule has 1 aliphatic heterocycles. The first kappa shape index (κ1) is 28.4. The number of hydrogen-bond acceptors (Lipinski definition) is 5. The first-order valence-electron chi connectivity index (χ1n) is 14.9. The first-order valence-corrected chi connectivity index (χ1v) is 14.9. The maximum Gasteiger partial charge on any atom is 0.416 e. The Balaban J connectivity index is 1.04. The van der Waals surface area contributed by atoms with Gasteiger partial charge in [0.2, 0.25) is 0 Å². The molecule has 1 aromatic heterocycles. The number of halogens is 3. The Hall–Kier alpha value is -2.72. The van der Waals surface area contributed by atoms with Gasteiger partial charge < -0.3 is 14.7 Å². The zero-order valence-corrected chi connectivity index (χ0v) is 23.5. The lowest BCUT2D eigenvalue weighted by Crippen LogP contribution is -2.47. The summed E-state index contributed by atoms with van der Waals surface area (Å²) in [5, 5.41) is 14.1. The largest absolute Gasteiger partial charge is 0.416 e. The molecule has 7 nitrogen and oxygen atoms in total. The van der Waals surface area contributed by atoms with Crippen LogP contribution in [-0.4, -0.2) is 63.9 Å². The molecule has 2 heterocycles. The van der Waals surface area contributed by atoms with Gasteiger partial charge in [0.1, 0.15) is 0 Å². The van der Waals surface area contributed by atoms with E-state index in [4.69, 9.17) is 4.74 Å². The van der Waals surface area contributed by atoms with Gasteiger partial charge in [-0.1, -0.05) is 12.1 Å². The second-order valence-electron chi connectivity index (χ2n) is 12.4. The Labute approximate surface area is 238 Å². The molecule has 3 fully saturated rings. The zero-order chi connectivity index (χ0) is 28.9. The molecular formula is C31H38F3N3O4. The highest BCUT2D eigenvalue weighted by atomic mass is 19.4. The molecule has 4 aliphatic rings. The van der Waals surface area contributed by atoms with Gasteiger partial charge in [-0.05, 0) is 92.7 Å². The van der Waals surface area contributed by atoms with Crippen molar-refractivity contribution in [1.29, 1.82) is 0 Å². The van der Waals surface area contributed by atoms with Crippen LogP contribution in [0.1, 0.15) is 95.2 Å². The highest BCUT2D eigenvalue weighted by Gasteiger charge is 2.50. The lowest BCUT2D eigenvalue weighted by Gasteiger charge is -2.31. The smallest absolute Gasteiger partial charge is 0.394 e. The molecule has 0 unspecified atom stereocenters. The Morgan fingerprint density at radius 2 is 1.95 bits per heavy atom. The van der Waals surface area contributed by atoms with E-state index in [1.165, 1.54) is 6.07 Å². The summed E-state index contributed by atoms with van der Waals surface area (Å²) in [6.45, 7) is 2.77. The van der Waals surface area contributed by atoms with Gasteiger partial charge in [-0.2, -0.15) is 18.3 Å². The molecule has 1 aromatic carbocycles. The van der Waals surface area contributed by atoms with Gasteiger partial charge in [0.15, 0.2) is 11.5 Å². The normalized spacial score (nSPS) is 27.4. The van der Waals surface area contributed by atoms with Crippen LogP contribution in [0, 0.1) is 18.8 Å². The van der Waals surface area contributed by atoms with Crippen molar-refractivity contribution in [3.8, 4) is 0 Å². The molecule has 3 atom stereocenters. The van der Waals surface area contributed by atoms with Crippen LogP contribution in [0.4, 0.5) is 13.2 Å². The third-order valence-corrected chi connectivity index (χ3v) is 9.80. The standard InChI is InChI=1S/C31H38F3N3O4/c1-18-24(3-2-4-26(18)31(32,33)34)20-8-5-19(6-9-20)7-10-22(39)15-37-27-14-21-13-25(21)28(27)29(35-37)30(40)36-11-12-41-23(16-36)17-38/h2-4,19-21,23,25,38H,5-17H2,1H3/t19?,20?,21-,23-,25-/m1/s1. The van der Waals surface area contributed by atoms with Crippen molar-refractivity contribution < 1.29 is 32.6 Å². The number of amides is 1. The van der Waals surface area contributed by atoms with Crippen molar-refractivity contribution in [2.45, 2.75) is 89.0 Å². The highest BCUT2D eigenvalue weighted by molar-refractivity contribution is 5.95. The number of ketones is 1. The molecule has 1 N–H and O–H groups in total. The fraction of sp³-hybridized carbons (Fsp3) is 0.645. The molecule has 1 amide bonds. The number of fused-ring (bicyclic) bond motifs is 3. The molecule has 41 heavy (non-hydrogen) atoms. The first-order chi connectivity index (χ1) is 19.6. The van der Waals surface area contributed by atoms with Crippen LogP contribution in [0.15, 0.2) is 18.2 Å². The molecule has 3 aliphatic carbocycles. The fourth-order valence-electron chi connectivity index (χ4n) is 7.42. The van der Waals surface area contributed by atoms with Crippen molar-refractivity contribution in [2.75, 3.05) is 26.3 Å². The fourth-order valence-corrected chi connectivity index (χ4v) is 7.42. The number of rotatable bonds is 8. The second-order valence-corrected chi connectivity index (χ2v) is 12.4. The molecule has 2 saturated carbocycles. The van der Waals surface area contributed by atoms with Gasteiger partial charge in [0, 0.05) is 30.8 Å². The number of aromatic nitrogens is 2. The van der Waals surface area contributed by atoms with Crippen LogP contribution in [0.5, 0.6) is 0 Å². The summed E-state index contributed by atoms with van der Waals surface area (Å²) >= 11 is 0. The Kier molecular flexibility index (Phi) is 7.74. The number of aliphatic hydroxyl groups is 1. The second kappa shape index (κ2) is 11.2. The van der Waals surface area contributed by atoms with Crippen LogP contribution >= 0.6 is 0 Å². The summed E-state index contributed by atoms with van der Waals surface area (Å²) in [4.78, 5) is 28.2. The van der Waals surface area contributed by atoms with E-state index < -0.39 is 11.7 Å². The van der Waals surface area contributed by atoms with Crippen LogP contribution in [-0.2, 0) is 28.7 Å². The quantitative estimate of drug-likeness (QED) is 0.479. The minimum absolute atomic E-state index is 0.0948. The number of ether oxygens (including phenoxy) is 1. The van der Waals surface area contributed by atoms with Crippen molar-refractivity contribution in [2.24, 2.45) is 11.8 Å².